The number of hydrogen-bond donors (Lipinski definition) is 1. The van der Waals surface area contributed by atoms with Crippen molar-refractivity contribution in [2.24, 2.45) is 0 Å². The lowest BCUT2D eigenvalue weighted by Crippen LogP contribution is -2.11. The number of carboxylic acids is 1. The lowest BCUT2D eigenvalue weighted by atomic mass is 10.1. The second-order valence-electron chi connectivity index (χ2n) is 7.49. The zero-order chi connectivity index (χ0) is 24.1. The van der Waals surface area contributed by atoms with Gasteiger partial charge in [-0.3, -0.25) is 9.59 Å². The summed E-state index contributed by atoms with van der Waals surface area (Å²) >= 11 is 12.0. The van der Waals surface area contributed by atoms with Crippen LogP contribution < -0.4 is 9.47 Å². The fourth-order valence-electron chi connectivity index (χ4n) is 3.26. The molecule has 174 valence electrons. The predicted octanol–water partition coefficient (Wildman–Crippen LogP) is 5.88. The third-order valence-corrected chi connectivity index (χ3v) is 5.24. The minimum absolute atomic E-state index is 0.0291. The van der Waals surface area contributed by atoms with Crippen molar-refractivity contribution < 1.29 is 28.6 Å². The van der Waals surface area contributed by atoms with Gasteiger partial charge in [0.2, 0.25) is 5.89 Å². The number of carbonyl (C=O) groups is 2. The first-order valence-electron chi connectivity index (χ1n) is 10.3. The molecule has 0 saturated heterocycles. The van der Waals surface area contributed by atoms with E-state index in [1.807, 2.05) is 0 Å². The molecule has 1 aromatic heterocycles. The Bertz CT molecular complexity index is 1310. The number of carboxylic acid groups (broad SMARTS) is 1. The third kappa shape index (κ3) is 6.50. The quantitative estimate of drug-likeness (QED) is 0.226. The van der Waals surface area contributed by atoms with Crippen LogP contribution in [0.4, 0.5) is 0 Å². The Morgan fingerprint density at radius 3 is 2.32 bits per heavy atom. The first kappa shape index (κ1) is 23.6. The Balaban J connectivity index is 1.31. The summed E-state index contributed by atoms with van der Waals surface area (Å²) in [5.74, 6) is -0.228. The van der Waals surface area contributed by atoms with Gasteiger partial charge < -0.3 is 19.0 Å². The molecule has 1 heterocycles. The number of fused-ring (bicyclic) bond motifs is 1. The molecular weight excluding hydrogens is 481 g/mol. The molecule has 34 heavy (non-hydrogen) atoms. The number of rotatable bonds is 9. The van der Waals surface area contributed by atoms with Crippen LogP contribution in [0.15, 0.2) is 65.1 Å². The Morgan fingerprint density at radius 1 is 0.912 bits per heavy atom. The van der Waals surface area contributed by atoms with E-state index in [4.69, 9.17) is 42.2 Å². The molecule has 9 heteroatoms. The molecule has 0 spiro atoms. The summed E-state index contributed by atoms with van der Waals surface area (Å²) in [6.45, 7) is 0.287. The van der Waals surface area contributed by atoms with Crippen molar-refractivity contribution in [2.75, 3.05) is 0 Å². The number of hydrogen-bond acceptors (Lipinski definition) is 6. The van der Waals surface area contributed by atoms with E-state index in [1.54, 1.807) is 60.7 Å². The van der Waals surface area contributed by atoms with Gasteiger partial charge in [-0.1, -0.05) is 29.3 Å². The van der Waals surface area contributed by atoms with Gasteiger partial charge in [-0.25, -0.2) is 4.98 Å². The number of aryl methyl sites for hydroxylation is 1. The summed E-state index contributed by atoms with van der Waals surface area (Å²) in [5.41, 5.74) is 2.75. The minimum Gasteiger partial charge on any atom is -0.489 e. The van der Waals surface area contributed by atoms with Gasteiger partial charge in [0.05, 0.1) is 0 Å². The highest BCUT2D eigenvalue weighted by atomic mass is 35.5. The largest absolute Gasteiger partial charge is 0.489 e. The van der Waals surface area contributed by atoms with Gasteiger partial charge in [0, 0.05) is 16.5 Å². The molecule has 3 aromatic carbocycles. The molecule has 0 saturated carbocycles. The minimum atomic E-state index is -0.866. The number of oxazole rings is 1. The average molecular weight is 500 g/mol. The van der Waals surface area contributed by atoms with Gasteiger partial charge >= 0.3 is 11.9 Å². The number of ether oxygens (including phenoxy) is 2. The Kier molecular flexibility index (Phi) is 7.35. The zero-order valence-corrected chi connectivity index (χ0v) is 19.3. The molecule has 4 rings (SSSR count). The van der Waals surface area contributed by atoms with Crippen molar-refractivity contribution in [3.8, 4) is 11.5 Å². The van der Waals surface area contributed by atoms with Crippen LogP contribution >= 0.6 is 23.2 Å². The summed E-state index contributed by atoms with van der Waals surface area (Å²) in [5, 5.41) is 9.89. The highest BCUT2D eigenvalue weighted by Crippen LogP contribution is 2.23. The highest BCUT2D eigenvalue weighted by molar-refractivity contribution is 6.34. The number of halogens is 2. The van der Waals surface area contributed by atoms with Gasteiger partial charge in [0.15, 0.2) is 5.58 Å². The van der Waals surface area contributed by atoms with Crippen LogP contribution in [0.25, 0.3) is 11.1 Å². The maximum atomic E-state index is 12.3. The van der Waals surface area contributed by atoms with Crippen molar-refractivity contribution in [3.05, 3.63) is 87.7 Å². The summed E-state index contributed by atoms with van der Waals surface area (Å²) < 4.78 is 16.7. The van der Waals surface area contributed by atoms with Crippen LogP contribution in [0.5, 0.6) is 11.5 Å². The van der Waals surface area contributed by atoms with Crippen LogP contribution in [-0.4, -0.2) is 22.0 Å². The number of aliphatic carboxylic acids is 1. The smallest absolute Gasteiger partial charge is 0.320 e. The van der Waals surface area contributed by atoms with E-state index in [2.05, 4.69) is 4.98 Å². The predicted molar refractivity (Wildman–Crippen MR) is 127 cm³/mol. The van der Waals surface area contributed by atoms with Crippen LogP contribution in [0.3, 0.4) is 0 Å². The maximum absolute atomic E-state index is 12.3. The molecule has 0 aliphatic rings. The van der Waals surface area contributed by atoms with Gasteiger partial charge in [-0.2, -0.15) is 0 Å². The van der Waals surface area contributed by atoms with E-state index in [-0.39, 0.29) is 25.3 Å². The van der Waals surface area contributed by atoms with Crippen LogP contribution in [0, 0.1) is 0 Å². The topological polar surface area (TPSA) is 98.9 Å². The van der Waals surface area contributed by atoms with Gasteiger partial charge in [0.1, 0.15) is 30.0 Å². The number of esters is 1. The SMILES string of the molecule is O=C(O)CCc1ccc2oc(CC(=O)Oc3ccc(OCc4cc(Cl)cc(Cl)c4)cc3)nc2c1. The molecule has 0 aliphatic carbocycles. The van der Waals surface area contributed by atoms with Crippen LogP contribution in [0.1, 0.15) is 23.4 Å². The summed E-state index contributed by atoms with van der Waals surface area (Å²) in [7, 11) is 0. The second kappa shape index (κ2) is 10.6. The lowest BCUT2D eigenvalue weighted by molar-refractivity contribution is -0.137. The molecule has 0 radical (unpaired) electrons. The first-order valence-corrected chi connectivity index (χ1v) is 11.1. The van der Waals surface area contributed by atoms with Crippen molar-refractivity contribution in [1.29, 1.82) is 0 Å². The first-order chi connectivity index (χ1) is 16.3. The van der Waals surface area contributed by atoms with E-state index in [0.717, 1.165) is 11.1 Å². The molecule has 7 nitrogen and oxygen atoms in total. The molecular formula is C25H19Cl2NO6. The van der Waals surface area contributed by atoms with Gasteiger partial charge in [-0.15, -0.1) is 0 Å². The lowest BCUT2D eigenvalue weighted by Gasteiger charge is -2.08. The van der Waals surface area contributed by atoms with Crippen LogP contribution in [0.2, 0.25) is 10.0 Å². The number of aromatic nitrogens is 1. The van der Waals surface area contributed by atoms with Crippen molar-refractivity contribution in [2.45, 2.75) is 25.9 Å². The molecule has 0 atom stereocenters. The Morgan fingerprint density at radius 2 is 1.62 bits per heavy atom. The van der Waals surface area contributed by atoms with Gasteiger partial charge in [0.25, 0.3) is 0 Å². The van der Waals surface area contributed by atoms with E-state index in [0.29, 0.717) is 39.1 Å². The number of nitrogens with zero attached hydrogens (tertiary/aromatic N) is 1. The Labute approximate surface area is 204 Å². The van der Waals surface area contributed by atoms with Crippen molar-refractivity contribution >= 4 is 46.2 Å². The standard InChI is InChI=1S/C25H19Cl2NO6/c26-17-9-16(10-18(27)12-17)14-32-19-3-5-20(6-4-19)33-25(31)13-23-28-21-11-15(2-8-24(29)30)1-7-22(21)34-23/h1,3-7,9-12H,2,8,13-14H2,(H,29,30). The fraction of sp³-hybridized carbons (Fsp3) is 0.160. The van der Waals surface area contributed by atoms with Gasteiger partial charge in [-0.05, 0) is 72.1 Å². The van der Waals surface area contributed by atoms with E-state index < -0.39 is 11.9 Å². The summed E-state index contributed by atoms with van der Waals surface area (Å²) in [4.78, 5) is 27.4. The van der Waals surface area contributed by atoms with E-state index in [9.17, 15) is 9.59 Å². The molecule has 0 bridgehead atoms. The van der Waals surface area contributed by atoms with E-state index >= 15 is 0 Å². The highest BCUT2D eigenvalue weighted by Gasteiger charge is 2.14. The zero-order valence-electron chi connectivity index (χ0n) is 17.8. The number of carbonyl (C=O) groups excluding carboxylic acids is 1. The van der Waals surface area contributed by atoms with Crippen molar-refractivity contribution in [3.63, 3.8) is 0 Å². The maximum Gasteiger partial charge on any atom is 0.320 e. The van der Waals surface area contributed by atoms with Crippen LogP contribution in [-0.2, 0) is 29.0 Å². The molecule has 1 N–H and O–H groups in total. The normalized spacial score (nSPS) is 10.9. The summed E-state index contributed by atoms with van der Waals surface area (Å²) in [6.07, 6.45) is 0.274. The molecule has 0 aliphatic heterocycles. The Hall–Kier alpha value is -3.55. The monoisotopic (exact) mass is 499 g/mol. The second-order valence-corrected chi connectivity index (χ2v) is 8.36. The molecule has 0 fully saturated rings. The van der Waals surface area contributed by atoms with E-state index in [1.165, 1.54) is 0 Å². The molecule has 4 aromatic rings. The fourth-order valence-corrected chi connectivity index (χ4v) is 3.83. The van der Waals surface area contributed by atoms with Crippen molar-refractivity contribution in [1.82, 2.24) is 4.98 Å². The third-order valence-electron chi connectivity index (χ3n) is 4.80. The number of benzene rings is 3. The average Bonchev–Trinajstić information content (AvgIpc) is 3.18. The molecule has 0 unspecified atom stereocenters. The summed E-state index contributed by atoms with van der Waals surface area (Å²) in [6, 6.07) is 17.1. The molecule has 0 amide bonds.